The molecule has 1 unspecified atom stereocenters. The van der Waals surface area contributed by atoms with Crippen LogP contribution in [0.3, 0.4) is 0 Å². The van der Waals surface area contributed by atoms with Crippen LogP contribution in [0.15, 0.2) is 48.5 Å². The van der Waals surface area contributed by atoms with E-state index in [1.165, 1.54) is 12.1 Å². The molecule has 134 valence electrons. The maximum absolute atomic E-state index is 13.4. The van der Waals surface area contributed by atoms with Crippen molar-refractivity contribution in [1.82, 2.24) is 9.88 Å². The average Bonchev–Trinajstić information content (AvgIpc) is 3.11. The zero-order valence-electron chi connectivity index (χ0n) is 14.7. The highest BCUT2D eigenvalue weighted by atomic mass is 19.1. The van der Waals surface area contributed by atoms with Crippen molar-refractivity contribution in [3.05, 3.63) is 65.6 Å². The van der Waals surface area contributed by atoms with Crippen molar-refractivity contribution in [2.24, 2.45) is 0 Å². The Morgan fingerprint density at radius 1 is 1.23 bits per heavy atom. The van der Waals surface area contributed by atoms with Gasteiger partial charge in [-0.1, -0.05) is 6.07 Å². The number of piperidine rings is 1. The Morgan fingerprint density at radius 3 is 2.96 bits per heavy atom. The summed E-state index contributed by atoms with van der Waals surface area (Å²) >= 11 is 0. The summed E-state index contributed by atoms with van der Waals surface area (Å²) in [5.74, 6) is 0.702. The Labute approximate surface area is 151 Å². The topological polar surface area (TPSA) is 45.3 Å². The molecule has 0 saturated carbocycles. The number of ether oxygens (including phenoxy) is 1. The number of H-pyrrole nitrogens is 1. The molecule has 1 aliphatic rings. The lowest BCUT2D eigenvalue weighted by molar-refractivity contribution is 0.0706. The van der Waals surface area contributed by atoms with Gasteiger partial charge in [-0.15, -0.1) is 0 Å². The van der Waals surface area contributed by atoms with E-state index >= 15 is 0 Å². The molecule has 1 fully saturated rings. The van der Waals surface area contributed by atoms with Crippen molar-refractivity contribution in [2.75, 3.05) is 20.2 Å². The molecule has 5 heteroatoms. The van der Waals surface area contributed by atoms with E-state index in [0.717, 1.165) is 36.0 Å². The second kappa shape index (κ2) is 6.83. The van der Waals surface area contributed by atoms with Gasteiger partial charge in [0.2, 0.25) is 0 Å². The summed E-state index contributed by atoms with van der Waals surface area (Å²) in [5, 5.41) is 0.872. The van der Waals surface area contributed by atoms with E-state index in [4.69, 9.17) is 4.74 Å². The normalized spacial score (nSPS) is 17.5. The summed E-state index contributed by atoms with van der Waals surface area (Å²) in [6.45, 7) is 1.41. The summed E-state index contributed by atoms with van der Waals surface area (Å²) in [4.78, 5) is 18.2. The zero-order valence-corrected chi connectivity index (χ0v) is 14.7. The zero-order chi connectivity index (χ0) is 18.1. The van der Waals surface area contributed by atoms with Crippen LogP contribution in [0.4, 0.5) is 4.39 Å². The van der Waals surface area contributed by atoms with Crippen molar-refractivity contribution in [3.8, 4) is 5.75 Å². The van der Waals surface area contributed by atoms with Crippen LogP contribution in [-0.4, -0.2) is 36.0 Å². The lowest BCUT2D eigenvalue weighted by Crippen LogP contribution is -2.39. The molecule has 0 radical (unpaired) electrons. The van der Waals surface area contributed by atoms with Gasteiger partial charge in [-0.3, -0.25) is 4.79 Å². The van der Waals surface area contributed by atoms with Gasteiger partial charge in [-0.05, 0) is 55.3 Å². The van der Waals surface area contributed by atoms with Crippen LogP contribution in [0.5, 0.6) is 5.75 Å². The number of fused-ring (bicyclic) bond motifs is 1. The number of halogens is 1. The van der Waals surface area contributed by atoms with Crippen molar-refractivity contribution < 1.29 is 13.9 Å². The van der Waals surface area contributed by atoms with Gasteiger partial charge in [0.25, 0.3) is 5.91 Å². The molecule has 1 aromatic heterocycles. The van der Waals surface area contributed by atoms with Crippen LogP contribution >= 0.6 is 0 Å². The number of methoxy groups -OCH3 is 1. The SMILES string of the molecule is COc1cccc(C(=O)N2CCCC(c3cc4cc(F)ccc4[nH]3)C2)c1. The molecule has 1 atom stereocenters. The minimum Gasteiger partial charge on any atom is -0.497 e. The number of likely N-dealkylation sites (tertiary alicyclic amines) is 1. The Kier molecular flexibility index (Phi) is 4.37. The van der Waals surface area contributed by atoms with E-state index in [-0.39, 0.29) is 17.6 Å². The molecule has 4 nitrogen and oxygen atoms in total. The second-order valence-electron chi connectivity index (χ2n) is 6.78. The summed E-state index contributed by atoms with van der Waals surface area (Å²) in [5.41, 5.74) is 2.63. The fraction of sp³-hybridized carbons (Fsp3) is 0.286. The van der Waals surface area contributed by atoms with Crippen LogP contribution in [-0.2, 0) is 0 Å². The highest BCUT2D eigenvalue weighted by Crippen LogP contribution is 2.30. The number of aromatic amines is 1. The molecule has 4 rings (SSSR count). The quantitative estimate of drug-likeness (QED) is 0.762. The Bertz CT molecular complexity index is 950. The number of carbonyl (C=O) groups is 1. The van der Waals surface area contributed by atoms with E-state index in [1.807, 2.05) is 29.2 Å². The van der Waals surface area contributed by atoms with Gasteiger partial charge < -0.3 is 14.6 Å². The van der Waals surface area contributed by atoms with Crippen LogP contribution in [0.1, 0.15) is 34.8 Å². The van der Waals surface area contributed by atoms with Gasteiger partial charge in [0, 0.05) is 41.2 Å². The first-order valence-corrected chi connectivity index (χ1v) is 8.85. The highest BCUT2D eigenvalue weighted by Gasteiger charge is 2.26. The fourth-order valence-electron chi connectivity index (χ4n) is 3.70. The van der Waals surface area contributed by atoms with Gasteiger partial charge in [-0.25, -0.2) is 4.39 Å². The minimum absolute atomic E-state index is 0.0238. The molecule has 1 N–H and O–H groups in total. The molecule has 26 heavy (non-hydrogen) atoms. The van der Waals surface area contributed by atoms with Gasteiger partial charge >= 0.3 is 0 Å². The molecule has 3 aromatic rings. The predicted octanol–water partition coefficient (Wildman–Crippen LogP) is 4.34. The summed E-state index contributed by atoms with van der Waals surface area (Å²) in [7, 11) is 1.60. The van der Waals surface area contributed by atoms with E-state index < -0.39 is 0 Å². The molecular formula is C21H21FN2O2. The molecule has 0 aliphatic carbocycles. The molecule has 1 aliphatic heterocycles. The second-order valence-corrected chi connectivity index (χ2v) is 6.78. The van der Waals surface area contributed by atoms with E-state index in [2.05, 4.69) is 4.98 Å². The van der Waals surface area contributed by atoms with Crippen LogP contribution in [0.25, 0.3) is 10.9 Å². The number of amides is 1. The Balaban J connectivity index is 1.55. The molecular weight excluding hydrogens is 331 g/mol. The van der Waals surface area contributed by atoms with Crippen molar-refractivity contribution in [1.29, 1.82) is 0 Å². The lowest BCUT2D eigenvalue weighted by atomic mass is 9.94. The first-order chi connectivity index (χ1) is 12.6. The smallest absolute Gasteiger partial charge is 0.254 e. The van der Waals surface area contributed by atoms with E-state index in [0.29, 0.717) is 17.9 Å². The Morgan fingerprint density at radius 2 is 2.12 bits per heavy atom. The Hall–Kier alpha value is -2.82. The van der Waals surface area contributed by atoms with Crippen LogP contribution in [0, 0.1) is 5.82 Å². The number of hydrogen-bond acceptors (Lipinski definition) is 2. The standard InChI is InChI=1S/C21H21FN2O2/c1-26-18-6-2-4-14(11-18)21(25)24-9-3-5-15(13-24)20-12-16-10-17(22)7-8-19(16)23-20/h2,4,6-8,10-12,15,23H,3,5,9,13H2,1H3. The number of nitrogens with one attached hydrogen (secondary N) is 1. The predicted molar refractivity (Wildman–Crippen MR) is 99.1 cm³/mol. The first kappa shape index (κ1) is 16.6. The van der Waals surface area contributed by atoms with Gasteiger partial charge in [0.1, 0.15) is 11.6 Å². The maximum Gasteiger partial charge on any atom is 0.254 e. The molecule has 0 spiro atoms. The molecule has 2 heterocycles. The van der Waals surface area contributed by atoms with Gasteiger partial charge in [0.05, 0.1) is 7.11 Å². The first-order valence-electron chi connectivity index (χ1n) is 8.85. The number of hydrogen-bond donors (Lipinski definition) is 1. The third-order valence-corrected chi connectivity index (χ3v) is 5.07. The number of benzene rings is 2. The molecule has 1 saturated heterocycles. The monoisotopic (exact) mass is 352 g/mol. The molecule has 0 bridgehead atoms. The number of nitrogens with zero attached hydrogens (tertiary/aromatic N) is 1. The maximum atomic E-state index is 13.4. The van der Waals surface area contributed by atoms with E-state index in [1.54, 1.807) is 19.2 Å². The van der Waals surface area contributed by atoms with Crippen LogP contribution in [0.2, 0.25) is 0 Å². The summed E-state index contributed by atoms with van der Waals surface area (Å²) in [6, 6.07) is 14.0. The number of aromatic nitrogens is 1. The van der Waals surface area contributed by atoms with Gasteiger partial charge in [-0.2, -0.15) is 0 Å². The lowest BCUT2D eigenvalue weighted by Gasteiger charge is -2.32. The van der Waals surface area contributed by atoms with Crippen molar-refractivity contribution >= 4 is 16.8 Å². The minimum atomic E-state index is -0.235. The summed E-state index contributed by atoms with van der Waals surface area (Å²) in [6.07, 6.45) is 1.96. The third kappa shape index (κ3) is 3.17. The van der Waals surface area contributed by atoms with Gasteiger partial charge in [0.15, 0.2) is 0 Å². The third-order valence-electron chi connectivity index (χ3n) is 5.07. The average molecular weight is 352 g/mol. The van der Waals surface area contributed by atoms with Crippen molar-refractivity contribution in [2.45, 2.75) is 18.8 Å². The largest absolute Gasteiger partial charge is 0.497 e. The van der Waals surface area contributed by atoms with Crippen LogP contribution < -0.4 is 4.74 Å². The number of rotatable bonds is 3. The van der Waals surface area contributed by atoms with Crippen molar-refractivity contribution in [3.63, 3.8) is 0 Å². The molecule has 2 aromatic carbocycles. The molecule has 1 amide bonds. The van der Waals surface area contributed by atoms with E-state index in [9.17, 15) is 9.18 Å². The summed E-state index contributed by atoms with van der Waals surface area (Å²) < 4.78 is 18.6. The number of carbonyl (C=O) groups excluding carboxylic acids is 1. The highest BCUT2D eigenvalue weighted by molar-refractivity contribution is 5.94. The fourth-order valence-corrected chi connectivity index (χ4v) is 3.70.